The summed E-state index contributed by atoms with van der Waals surface area (Å²) in [4.78, 5) is 48.3. The Morgan fingerprint density at radius 2 is 1.79 bits per heavy atom. The molecular weight excluding hydrogens is 528 g/mol. The standard InChI is InChI=1S/C26H26N4O8S/c1-15(32)36-23-18(11-31)38-26(24(23)37-16(2)33)30-13-27-21-22(19-9-6-10-39-19)29(14-28-25(21)30)20(34)12-35-17-7-4-3-5-8-17/h3-10,13-14,18,22-24,26,31H,11-12H2,1-2H3/t18-,22?,23-,24-,26-/m1/s1. The fourth-order valence-corrected chi connectivity index (χ4v) is 5.42. The quantitative estimate of drug-likeness (QED) is 0.415. The minimum atomic E-state index is -1.07. The van der Waals surface area contributed by atoms with Crippen molar-refractivity contribution in [1.82, 2.24) is 14.5 Å². The van der Waals surface area contributed by atoms with Crippen LogP contribution in [0.4, 0.5) is 5.82 Å². The summed E-state index contributed by atoms with van der Waals surface area (Å²) in [5.74, 6) is -0.633. The summed E-state index contributed by atoms with van der Waals surface area (Å²) in [6, 6.07) is 12.2. The van der Waals surface area contributed by atoms with E-state index >= 15 is 0 Å². The number of esters is 2. The van der Waals surface area contributed by atoms with Crippen LogP contribution in [0.1, 0.15) is 36.7 Å². The molecule has 1 N–H and O–H groups in total. The van der Waals surface area contributed by atoms with Crippen LogP contribution in [-0.2, 0) is 28.6 Å². The lowest BCUT2D eigenvalue weighted by Gasteiger charge is -2.30. The number of rotatable bonds is 8. The van der Waals surface area contributed by atoms with Crippen molar-refractivity contribution < 1.29 is 38.4 Å². The molecule has 5 atom stereocenters. The Bertz CT molecular complexity index is 1360. The van der Waals surface area contributed by atoms with E-state index in [2.05, 4.69) is 9.98 Å². The molecule has 3 aromatic rings. The van der Waals surface area contributed by atoms with Crippen LogP contribution in [0.15, 0.2) is 59.2 Å². The zero-order valence-electron chi connectivity index (χ0n) is 21.1. The summed E-state index contributed by atoms with van der Waals surface area (Å²) >= 11 is 1.45. The largest absolute Gasteiger partial charge is 0.484 e. The first-order valence-electron chi connectivity index (χ1n) is 12.1. The van der Waals surface area contributed by atoms with Crippen molar-refractivity contribution in [3.8, 4) is 5.75 Å². The van der Waals surface area contributed by atoms with Gasteiger partial charge in [0.1, 0.15) is 29.9 Å². The number of carbonyl (C=O) groups is 3. The number of thiophene rings is 1. The molecule has 1 saturated heterocycles. The highest BCUT2D eigenvalue weighted by Gasteiger charge is 2.51. The number of hydrogen-bond donors (Lipinski definition) is 1. The van der Waals surface area contributed by atoms with Crippen LogP contribution < -0.4 is 4.74 Å². The fraction of sp³-hybridized carbons (Fsp3) is 0.346. The lowest BCUT2D eigenvalue weighted by atomic mass is 10.1. The smallest absolute Gasteiger partial charge is 0.303 e. The number of fused-ring (bicyclic) bond motifs is 1. The minimum Gasteiger partial charge on any atom is -0.484 e. The summed E-state index contributed by atoms with van der Waals surface area (Å²) in [6.07, 6.45) is -1.20. The third-order valence-corrected chi connectivity index (χ3v) is 7.11. The van der Waals surface area contributed by atoms with Crippen molar-refractivity contribution >= 4 is 41.3 Å². The van der Waals surface area contributed by atoms with Crippen LogP contribution in [0.5, 0.6) is 5.75 Å². The number of aliphatic hydroxyl groups excluding tert-OH is 1. The van der Waals surface area contributed by atoms with E-state index in [9.17, 15) is 19.5 Å². The molecule has 4 heterocycles. The van der Waals surface area contributed by atoms with E-state index in [1.807, 2.05) is 35.7 Å². The van der Waals surface area contributed by atoms with E-state index in [-0.39, 0.29) is 12.5 Å². The van der Waals surface area contributed by atoms with Gasteiger partial charge in [0, 0.05) is 18.7 Å². The van der Waals surface area contributed by atoms with Crippen molar-refractivity contribution in [1.29, 1.82) is 0 Å². The van der Waals surface area contributed by atoms with Crippen LogP contribution >= 0.6 is 11.3 Å². The van der Waals surface area contributed by atoms with E-state index in [1.54, 1.807) is 16.7 Å². The normalized spacial score (nSPS) is 23.8. The molecule has 0 spiro atoms. The number of amides is 1. The molecule has 0 radical (unpaired) electrons. The van der Waals surface area contributed by atoms with Gasteiger partial charge >= 0.3 is 11.9 Å². The molecule has 2 aliphatic rings. The highest BCUT2D eigenvalue weighted by Crippen LogP contribution is 2.43. The number of aliphatic imine (C=N–C) groups is 1. The first-order chi connectivity index (χ1) is 18.9. The monoisotopic (exact) mass is 554 g/mol. The molecule has 2 aliphatic heterocycles. The first kappa shape index (κ1) is 26.5. The molecule has 1 amide bonds. The van der Waals surface area contributed by atoms with E-state index < -0.39 is 49.1 Å². The van der Waals surface area contributed by atoms with Crippen LogP contribution in [-0.4, -0.2) is 75.3 Å². The number of ether oxygens (including phenoxy) is 4. The molecule has 204 valence electrons. The van der Waals surface area contributed by atoms with Gasteiger partial charge in [-0.1, -0.05) is 24.3 Å². The Balaban J connectivity index is 1.47. The number of carbonyl (C=O) groups excluding carboxylic acids is 3. The van der Waals surface area contributed by atoms with E-state index in [1.165, 1.54) is 42.8 Å². The molecule has 0 aliphatic carbocycles. The van der Waals surface area contributed by atoms with Gasteiger partial charge in [-0.3, -0.25) is 23.9 Å². The second-order valence-corrected chi connectivity index (χ2v) is 9.80. The molecule has 2 aromatic heterocycles. The third kappa shape index (κ3) is 5.41. The molecule has 39 heavy (non-hydrogen) atoms. The number of aliphatic hydroxyl groups is 1. The molecule has 1 unspecified atom stereocenters. The van der Waals surface area contributed by atoms with Gasteiger partial charge in [-0.25, -0.2) is 9.98 Å². The van der Waals surface area contributed by atoms with Gasteiger partial charge in [-0.15, -0.1) is 11.3 Å². The van der Waals surface area contributed by atoms with E-state index in [4.69, 9.17) is 18.9 Å². The fourth-order valence-electron chi connectivity index (χ4n) is 4.59. The zero-order valence-corrected chi connectivity index (χ0v) is 21.9. The predicted molar refractivity (Wildman–Crippen MR) is 137 cm³/mol. The second-order valence-electron chi connectivity index (χ2n) is 8.82. The second kappa shape index (κ2) is 11.4. The van der Waals surface area contributed by atoms with Crippen LogP contribution in [0.25, 0.3) is 0 Å². The highest BCUT2D eigenvalue weighted by molar-refractivity contribution is 7.10. The van der Waals surface area contributed by atoms with Gasteiger partial charge in [-0.05, 0) is 23.6 Å². The van der Waals surface area contributed by atoms with Crippen molar-refractivity contribution in [3.63, 3.8) is 0 Å². The molecule has 1 aromatic carbocycles. The maximum absolute atomic E-state index is 13.3. The van der Waals surface area contributed by atoms with Crippen molar-refractivity contribution in [2.45, 2.75) is 44.4 Å². The Morgan fingerprint density at radius 1 is 1.05 bits per heavy atom. The maximum atomic E-state index is 13.3. The number of para-hydroxylation sites is 1. The molecule has 0 saturated carbocycles. The predicted octanol–water partition coefficient (Wildman–Crippen LogP) is 2.37. The van der Waals surface area contributed by atoms with Crippen LogP contribution in [0.2, 0.25) is 0 Å². The molecule has 1 fully saturated rings. The molecule has 13 heteroatoms. The van der Waals surface area contributed by atoms with Gasteiger partial charge in [0.15, 0.2) is 30.9 Å². The van der Waals surface area contributed by atoms with Crippen molar-refractivity contribution in [2.75, 3.05) is 13.2 Å². The van der Waals surface area contributed by atoms with E-state index in [0.717, 1.165) is 4.88 Å². The lowest BCUT2D eigenvalue weighted by Crippen LogP contribution is -2.40. The van der Waals surface area contributed by atoms with Crippen LogP contribution in [0, 0.1) is 0 Å². The summed E-state index contributed by atoms with van der Waals surface area (Å²) in [6.45, 7) is 1.75. The average molecular weight is 555 g/mol. The Kier molecular flexibility index (Phi) is 7.72. The van der Waals surface area contributed by atoms with E-state index in [0.29, 0.717) is 17.3 Å². The van der Waals surface area contributed by atoms with Gasteiger partial charge in [0.05, 0.1) is 12.9 Å². The van der Waals surface area contributed by atoms with Crippen molar-refractivity contribution in [3.05, 3.63) is 64.7 Å². The van der Waals surface area contributed by atoms with Gasteiger partial charge < -0.3 is 24.1 Å². The first-order valence-corrected chi connectivity index (χ1v) is 13.0. The molecule has 0 bridgehead atoms. The summed E-state index contributed by atoms with van der Waals surface area (Å²) < 4.78 is 24.0. The number of aromatic nitrogens is 2. The molecule has 5 rings (SSSR count). The number of hydrogen-bond acceptors (Lipinski definition) is 11. The Morgan fingerprint density at radius 3 is 2.46 bits per heavy atom. The summed E-state index contributed by atoms with van der Waals surface area (Å²) in [5.41, 5.74) is 0.467. The Hall–Kier alpha value is -4.07. The van der Waals surface area contributed by atoms with Gasteiger partial charge in [0.25, 0.3) is 5.91 Å². The number of benzene rings is 1. The Labute approximate surface area is 227 Å². The molecule has 12 nitrogen and oxygen atoms in total. The summed E-state index contributed by atoms with van der Waals surface area (Å²) in [7, 11) is 0. The van der Waals surface area contributed by atoms with Crippen LogP contribution in [0.3, 0.4) is 0 Å². The number of nitrogens with zero attached hydrogens (tertiary/aromatic N) is 4. The maximum Gasteiger partial charge on any atom is 0.303 e. The topological polar surface area (TPSA) is 142 Å². The summed E-state index contributed by atoms with van der Waals surface area (Å²) in [5, 5.41) is 11.8. The highest BCUT2D eigenvalue weighted by atomic mass is 32.1. The number of imidazole rings is 1. The third-order valence-electron chi connectivity index (χ3n) is 6.19. The van der Waals surface area contributed by atoms with Crippen molar-refractivity contribution in [2.24, 2.45) is 4.99 Å². The minimum absolute atomic E-state index is 0.212. The van der Waals surface area contributed by atoms with Gasteiger partial charge in [-0.2, -0.15) is 0 Å². The average Bonchev–Trinajstić information content (AvgIpc) is 3.67. The van der Waals surface area contributed by atoms with Gasteiger partial charge in [0.2, 0.25) is 0 Å². The lowest BCUT2D eigenvalue weighted by molar-refractivity contribution is -0.165. The SMILES string of the molecule is CC(=O)O[C@@H]1[C@H](OC(C)=O)[C@@H](CO)O[C@H]1n1cnc2c1N=CN(C(=O)COc1ccccc1)C2c1cccs1. The molecular formula is C26H26N4O8S. The zero-order chi connectivity index (χ0) is 27.5.